The monoisotopic (exact) mass is 441 g/mol. The van der Waals surface area contributed by atoms with Crippen molar-refractivity contribution in [1.29, 1.82) is 0 Å². The normalized spacial score (nSPS) is 14.7. The molecule has 0 aliphatic carbocycles. The summed E-state index contributed by atoms with van der Waals surface area (Å²) in [6.45, 7) is 4.73. The first-order valence-electron chi connectivity index (χ1n) is 11.9. The van der Waals surface area contributed by atoms with Gasteiger partial charge in [0.25, 0.3) is 0 Å². The van der Waals surface area contributed by atoms with Gasteiger partial charge < -0.3 is 20.3 Å². The van der Waals surface area contributed by atoms with Gasteiger partial charge in [-0.05, 0) is 54.2 Å². The summed E-state index contributed by atoms with van der Waals surface area (Å²) in [6, 6.07) is 19.2. The van der Waals surface area contributed by atoms with Crippen LogP contribution in [0.15, 0.2) is 60.8 Å². The highest BCUT2D eigenvalue weighted by Gasteiger charge is 2.17. The van der Waals surface area contributed by atoms with Crippen LogP contribution in [0.2, 0.25) is 0 Å². The summed E-state index contributed by atoms with van der Waals surface area (Å²) < 4.78 is 0. The van der Waals surface area contributed by atoms with Crippen LogP contribution in [0.5, 0.6) is 0 Å². The fraction of sp³-hybridized carbons (Fsp3) is 0.333. The van der Waals surface area contributed by atoms with Crippen LogP contribution in [0.3, 0.4) is 0 Å². The van der Waals surface area contributed by atoms with Crippen LogP contribution in [-0.4, -0.2) is 39.3 Å². The number of benzene rings is 2. The van der Waals surface area contributed by atoms with Crippen molar-refractivity contribution < 1.29 is 5.11 Å². The number of H-pyrrole nitrogens is 1. The molecule has 5 rings (SSSR count). The Bertz CT molecular complexity index is 1210. The number of aryl methyl sites for hydroxylation is 1. The number of aromatic amines is 1. The summed E-state index contributed by atoms with van der Waals surface area (Å²) in [5, 5.41) is 13.3. The Labute approximate surface area is 194 Å². The van der Waals surface area contributed by atoms with Gasteiger partial charge in [-0.2, -0.15) is 0 Å². The minimum Gasteiger partial charge on any atom is -0.393 e. The van der Waals surface area contributed by atoms with E-state index in [-0.39, 0.29) is 6.10 Å². The van der Waals surface area contributed by atoms with E-state index in [4.69, 9.17) is 9.97 Å². The van der Waals surface area contributed by atoms with E-state index in [1.165, 1.54) is 22.4 Å². The average molecular weight is 442 g/mol. The van der Waals surface area contributed by atoms with Crippen molar-refractivity contribution in [3.05, 3.63) is 83.3 Å². The number of hydrogen-bond donors (Lipinski definition) is 3. The van der Waals surface area contributed by atoms with Gasteiger partial charge in [-0.25, -0.2) is 9.97 Å². The molecule has 1 saturated heterocycles. The molecular weight excluding hydrogens is 410 g/mol. The first-order valence-corrected chi connectivity index (χ1v) is 11.9. The molecule has 2 aromatic carbocycles. The number of aliphatic hydroxyl groups is 1. The highest BCUT2D eigenvalue weighted by Crippen LogP contribution is 2.24. The number of hydrogen-bond acceptors (Lipinski definition) is 5. The predicted molar refractivity (Wildman–Crippen MR) is 134 cm³/mol. The zero-order chi connectivity index (χ0) is 22.6. The van der Waals surface area contributed by atoms with Gasteiger partial charge in [0.1, 0.15) is 11.3 Å². The lowest BCUT2D eigenvalue weighted by Crippen LogP contribution is -2.35. The fourth-order valence-electron chi connectivity index (χ4n) is 4.59. The van der Waals surface area contributed by atoms with E-state index in [2.05, 4.69) is 70.7 Å². The van der Waals surface area contributed by atoms with Crippen molar-refractivity contribution in [3.63, 3.8) is 0 Å². The summed E-state index contributed by atoms with van der Waals surface area (Å²) in [4.78, 5) is 15.3. The molecule has 1 aliphatic rings. The van der Waals surface area contributed by atoms with E-state index < -0.39 is 0 Å². The van der Waals surface area contributed by atoms with Crippen LogP contribution in [0, 0.1) is 0 Å². The van der Waals surface area contributed by atoms with Crippen LogP contribution in [0.4, 0.5) is 11.5 Å². The molecule has 0 saturated carbocycles. The maximum atomic E-state index is 9.75. The SMILES string of the molecule is CCc1ccccc1CNc1nc(Cc2ccc(N3CCC(O)CC3)cc2)nc2cc[nH]c12. The molecule has 0 atom stereocenters. The van der Waals surface area contributed by atoms with Crippen molar-refractivity contribution in [2.24, 2.45) is 0 Å². The third-order valence-electron chi connectivity index (χ3n) is 6.53. The minimum absolute atomic E-state index is 0.153. The third kappa shape index (κ3) is 4.86. The number of piperidine rings is 1. The van der Waals surface area contributed by atoms with Gasteiger partial charge in [0.2, 0.25) is 0 Å². The first kappa shape index (κ1) is 21.5. The fourth-order valence-corrected chi connectivity index (χ4v) is 4.59. The molecule has 1 fully saturated rings. The van der Waals surface area contributed by atoms with Crippen molar-refractivity contribution in [3.8, 4) is 0 Å². The van der Waals surface area contributed by atoms with Crippen molar-refractivity contribution >= 4 is 22.5 Å². The summed E-state index contributed by atoms with van der Waals surface area (Å²) in [7, 11) is 0. The molecule has 0 bridgehead atoms. The summed E-state index contributed by atoms with van der Waals surface area (Å²) in [5.74, 6) is 1.65. The molecule has 0 unspecified atom stereocenters. The van der Waals surface area contributed by atoms with E-state index in [1.807, 2.05) is 12.3 Å². The van der Waals surface area contributed by atoms with Crippen LogP contribution in [0.25, 0.3) is 11.0 Å². The lowest BCUT2D eigenvalue weighted by molar-refractivity contribution is 0.145. The van der Waals surface area contributed by atoms with Gasteiger partial charge in [-0.15, -0.1) is 0 Å². The largest absolute Gasteiger partial charge is 0.393 e. The maximum absolute atomic E-state index is 9.75. The van der Waals surface area contributed by atoms with Crippen LogP contribution < -0.4 is 10.2 Å². The Morgan fingerprint density at radius 1 is 1.00 bits per heavy atom. The summed E-state index contributed by atoms with van der Waals surface area (Å²) in [6.07, 6.45) is 5.13. The summed E-state index contributed by atoms with van der Waals surface area (Å²) in [5.41, 5.74) is 6.91. The summed E-state index contributed by atoms with van der Waals surface area (Å²) >= 11 is 0. The van der Waals surface area contributed by atoms with Crippen molar-refractivity contribution in [1.82, 2.24) is 15.0 Å². The number of nitrogens with one attached hydrogen (secondary N) is 2. The Hall–Kier alpha value is -3.38. The molecular formula is C27H31N5O. The molecule has 170 valence electrons. The van der Waals surface area contributed by atoms with E-state index >= 15 is 0 Å². The van der Waals surface area contributed by atoms with Gasteiger partial charge in [0.05, 0.1) is 11.6 Å². The molecule has 4 aromatic rings. The number of fused-ring (bicyclic) bond motifs is 1. The van der Waals surface area contributed by atoms with Crippen LogP contribution in [-0.2, 0) is 19.4 Å². The molecule has 3 N–H and O–H groups in total. The second-order valence-electron chi connectivity index (χ2n) is 8.76. The highest BCUT2D eigenvalue weighted by atomic mass is 16.3. The van der Waals surface area contributed by atoms with E-state index in [0.717, 1.165) is 61.6 Å². The van der Waals surface area contributed by atoms with Crippen molar-refractivity contribution in [2.45, 2.75) is 45.3 Å². The smallest absolute Gasteiger partial charge is 0.154 e. The van der Waals surface area contributed by atoms with Gasteiger partial charge in [0.15, 0.2) is 5.82 Å². The number of nitrogens with zero attached hydrogens (tertiary/aromatic N) is 3. The quantitative estimate of drug-likeness (QED) is 0.388. The second-order valence-corrected chi connectivity index (χ2v) is 8.76. The van der Waals surface area contributed by atoms with Gasteiger partial charge >= 0.3 is 0 Å². The number of aromatic nitrogens is 3. The number of anilines is 2. The number of rotatable bonds is 7. The predicted octanol–water partition coefficient (Wildman–Crippen LogP) is 4.68. The van der Waals surface area contributed by atoms with Crippen LogP contribution >= 0.6 is 0 Å². The molecule has 1 aliphatic heterocycles. The van der Waals surface area contributed by atoms with Gasteiger partial charge in [-0.1, -0.05) is 43.3 Å². The topological polar surface area (TPSA) is 77.1 Å². The van der Waals surface area contributed by atoms with E-state index in [0.29, 0.717) is 6.42 Å². The lowest BCUT2D eigenvalue weighted by atomic mass is 10.1. The minimum atomic E-state index is -0.153. The molecule has 0 spiro atoms. The molecule has 6 heteroatoms. The average Bonchev–Trinajstić information content (AvgIpc) is 3.33. The Kier molecular flexibility index (Phi) is 6.26. The van der Waals surface area contributed by atoms with Crippen LogP contribution in [0.1, 0.15) is 42.3 Å². The Balaban J connectivity index is 1.32. The van der Waals surface area contributed by atoms with Gasteiger partial charge in [0, 0.05) is 37.9 Å². The zero-order valence-corrected chi connectivity index (χ0v) is 19.1. The molecule has 0 radical (unpaired) electrons. The zero-order valence-electron chi connectivity index (χ0n) is 19.1. The molecule has 2 aromatic heterocycles. The standard InChI is InChI=1S/C27H31N5O/c1-2-20-5-3-4-6-21(20)18-29-27-26-24(11-14-28-26)30-25(31-27)17-19-7-9-22(10-8-19)32-15-12-23(33)13-16-32/h3-11,14,23,28,33H,2,12-13,15-18H2,1H3,(H,29,30,31). The Morgan fingerprint density at radius 2 is 1.76 bits per heavy atom. The van der Waals surface area contributed by atoms with E-state index in [9.17, 15) is 5.11 Å². The molecule has 0 amide bonds. The maximum Gasteiger partial charge on any atom is 0.154 e. The highest BCUT2D eigenvalue weighted by molar-refractivity contribution is 5.85. The van der Waals surface area contributed by atoms with E-state index in [1.54, 1.807) is 0 Å². The van der Waals surface area contributed by atoms with Gasteiger partial charge in [-0.3, -0.25) is 0 Å². The Morgan fingerprint density at radius 3 is 2.52 bits per heavy atom. The number of aliphatic hydroxyl groups excluding tert-OH is 1. The first-order chi connectivity index (χ1) is 16.2. The molecule has 6 nitrogen and oxygen atoms in total. The lowest BCUT2D eigenvalue weighted by Gasteiger charge is -2.31. The molecule has 33 heavy (non-hydrogen) atoms. The van der Waals surface area contributed by atoms with Crippen molar-refractivity contribution in [2.75, 3.05) is 23.3 Å². The molecule has 3 heterocycles. The second kappa shape index (κ2) is 9.63. The third-order valence-corrected chi connectivity index (χ3v) is 6.53.